The fourth-order valence-electron chi connectivity index (χ4n) is 3.21. The molecule has 1 N–H and O–H groups in total. The Kier molecular flexibility index (Phi) is 10.5. The Morgan fingerprint density at radius 3 is 2.00 bits per heavy atom. The number of benzene rings is 1. The summed E-state index contributed by atoms with van der Waals surface area (Å²) < 4.78 is 11.3. The third-order valence-electron chi connectivity index (χ3n) is 4.77. The molecule has 0 aliphatic carbocycles. The van der Waals surface area contributed by atoms with Crippen molar-refractivity contribution in [1.29, 1.82) is 0 Å². The Labute approximate surface area is 152 Å². The standard InChI is InChI=1S/C15H25O3PSi.Na/c1-4-20(5-2,6-3)14(12-19(17)18)15(16)13-10-8-7-9-11-13;/h7-11,14-16H,4-6,12H2,1-3H3;/q;+1. The summed E-state index contributed by atoms with van der Waals surface area (Å²) in [4.78, 5) is 11.3. The molecule has 0 spiro atoms. The van der Waals surface area contributed by atoms with Crippen LogP contribution in [0.5, 0.6) is 0 Å². The third kappa shape index (κ3) is 5.54. The monoisotopic (exact) mass is 335 g/mol. The fraction of sp³-hybridized carbons (Fsp3) is 0.600. The maximum Gasteiger partial charge on any atom is 1.00 e. The Morgan fingerprint density at radius 1 is 1.14 bits per heavy atom. The molecule has 0 saturated carbocycles. The van der Waals surface area contributed by atoms with E-state index < -0.39 is 22.2 Å². The predicted molar refractivity (Wildman–Crippen MR) is 84.8 cm³/mol. The summed E-state index contributed by atoms with van der Waals surface area (Å²) in [5.41, 5.74) is 0.715. The molecule has 1 aromatic carbocycles. The van der Waals surface area contributed by atoms with E-state index in [0.717, 1.165) is 23.7 Å². The Morgan fingerprint density at radius 2 is 1.62 bits per heavy atom. The molecular weight excluding hydrogens is 310 g/mol. The van der Waals surface area contributed by atoms with Crippen molar-refractivity contribution in [2.45, 2.75) is 50.5 Å². The quantitative estimate of drug-likeness (QED) is 0.562. The molecule has 0 amide bonds. The molecule has 3 atom stereocenters. The van der Waals surface area contributed by atoms with E-state index in [0.29, 0.717) is 0 Å². The number of hydrogen-bond donors (Lipinski definition) is 1. The van der Waals surface area contributed by atoms with Crippen LogP contribution < -0.4 is 34.5 Å². The van der Waals surface area contributed by atoms with Gasteiger partial charge in [0.05, 0.1) is 14.2 Å². The number of hydrogen-bond acceptors (Lipinski definition) is 3. The minimum Gasteiger partial charge on any atom is -0.596 e. The van der Waals surface area contributed by atoms with E-state index in [4.69, 9.17) is 0 Å². The molecular formula is C15H25NaO3PSi+. The number of rotatable bonds is 8. The summed E-state index contributed by atoms with van der Waals surface area (Å²) in [6.45, 7) is 6.42. The average molecular weight is 335 g/mol. The molecule has 0 saturated heterocycles. The minimum atomic E-state index is -2.47. The van der Waals surface area contributed by atoms with E-state index in [2.05, 4.69) is 20.8 Å². The number of aliphatic hydroxyl groups excluding tert-OH is 1. The van der Waals surface area contributed by atoms with E-state index in [1.165, 1.54) is 0 Å². The van der Waals surface area contributed by atoms with Crippen molar-refractivity contribution >= 4 is 16.1 Å². The second-order valence-corrected chi connectivity index (χ2v) is 12.0. The first-order valence-corrected chi connectivity index (χ1v) is 11.4. The smallest absolute Gasteiger partial charge is 0.596 e. The molecule has 0 aliphatic rings. The van der Waals surface area contributed by atoms with Gasteiger partial charge in [0, 0.05) is 5.54 Å². The summed E-state index contributed by atoms with van der Waals surface area (Å²) in [6, 6.07) is 12.5. The maximum atomic E-state index is 11.3. The summed E-state index contributed by atoms with van der Waals surface area (Å²) in [6.07, 6.45) is -0.566. The molecule has 3 nitrogen and oxygen atoms in total. The van der Waals surface area contributed by atoms with Crippen LogP contribution in [0, 0.1) is 0 Å². The van der Waals surface area contributed by atoms with Gasteiger partial charge in [-0.05, 0) is 5.56 Å². The topological polar surface area (TPSA) is 60.4 Å². The molecule has 21 heavy (non-hydrogen) atoms. The first-order chi connectivity index (χ1) is 9.50. The van der Waals surface area contributed by atoms with Crippen LogP contribution in [0.4, 0.5) is 0 Å². The molecule has 1 rings (SSSR count). The van der Waals surface area contributed by atoms with Gasteiger partial charge in [-0.15, -0.1) is 0 Å². The van der Waals surface area contributed by atoms with Crippen molar-refractivity contribution in [3.63, 3.8) is 0 Å². The molecule has 0 radical (unpaired) electrons. The van der Waals surface area contributed by atoms with Crippen molar-refractivity contribution in [3.05, 3.63) is 35.9 Å². The van der Waals surface area contributed by atoms with E-state index in [9.17, 15) is 14.6 Å². The Balaban J connectivity index is 0.00000400. The maximum absolute atomic E-state index is 11.3. The largest absolute Gasteiger partial charge is 1.00 e. The molecule has 0 aromatic heterocycles. The van der Waals surface area contributed by atoms with Gasteiger partial charge in [-0.3, -0.25) is 0 Å². The van der Waals surface area contributed by atoms with Gasteiger partial charge in [0.1, 0.15) is 6.16 Å². The van der Waals surface area contributed by atoms with Gasteiger partial charge in [0.15, 0.2) is 0 Å². The van der Waals surface area contributed by atoms with E-state index in [1.54, 1.807) is 0 Å². The molecule has 112 valence electrons. The van der Waals surface area contributed by atoms with Crippen molar-refractivity contribution < 1.29 is 44.1 Å². The molecule has 0 fully saturated rings. The van der Waals surface area contributed by atoms with Gasteiger partial charge in [0.2, 0.25) is 0 Å². The van der Waals surface area contributed by atoms with Crippen LogP contribution >= 0.6 is 8.03 Å². The van der Waals surface area contributed by atoms with Crippen LogP contribution in [0.3, 0.4) is 0 Å². The van der Waals surface area contributed by atoms with Crippen molar-refractivity contribution in [1.82, 2.24) is 0 Å². The van der Waals surface area contributed by atoms with Crippen LogP contribution in [0.2, 0.25) is 23.7 Å². The van der Waals surface area contributed by atoms with Crippen LogP contribution in [0.1, 0.15) is 32.4 Å². The normalized spacial score (nSPS) is 15.0. The fourth-order valence-corrected chi connectivity index (χ4v) is 9.66. The molecule has 0 bridgehead atoms. The van der Waals surface area contributed by atoms with Crippen LogP contribution in [-0.2, 0) is 4.57 Å². The van der Waals surface area contributed by atoms with Gasteiger partial charge >= 0.3 is 37.6 Å². The number of aliphatic hydroxyl groups is 1. The summed E-state index contributed by atoms with van der Waals surface area (Å²) >= 11 is 0. The summed E-state index contributed by atoms with van der Waals surface area (Å²) in [7, 11) is -4.26. The second kappa shape index (κ2) is 10.3. The van der Waals surface area contributed by atoms with Crippen LogP contribution in [-0.4, -0.2) is 19.3 Å². The Bertz CT molecular complexity index is 418. The molecule has 0 heterocycles. The van der Waals surface area contributed by atoms with Crippen molar-refractivity contribution in [2.24, 2.45) is 0 Å². The van der Waals surface area contributed by atoms with Gasteiger partial charge in [0.25, 0.3) is 0 Å². The first kappa shape index (κ1) is 21.5. The van der Waals surface area contributed by atoms with Gasteiger partial charge in [-0.2, -0.15) is 0 Å². The van der Waals surface area contributed by atoms with Gasteiger partial charge in [-0.25, -0.2) is 0 Å². The Hall–Kier alpha value is 0.457. The molecule has 3 unspecified atom stereocenters. The second-order valence-electron chi connectivity index (χ2n) is 5.40. The zero-order valence-electron chi connectivity index (χ0n) is 13.6. The molecule has 0 aliphatic heterocycles. The SMILES string of the molecule is CC[Si](CC)(CC)C(C[P+](=O)[O-])C(O)c1ccccc1.[Na+]. The van der Waals surface area contributed by atoms with E-state index >= 15 is 0 Å². The molecule has 6 heteroatoms. The third-order valence-corrected chi connectivity index (χ3v) is 12.1. The van der Waals surface area contributed by atoms with Gasteiger partial charge < -0.3 is 10.00 Å². The minimum absolute atomic E-state index is 0. The van der Waals surface area contributed by atoms with E-state index in [1.807, 2.05) is 30.3 Å². The summed E-state index contributed by atoms with van der Waals surface area (Å²) in [5, 5.41) is 10.7. The van der Waals surface area contributed by atoms with E-state index in [-0.39, 0.29) is 41.3 Å². The summed E-state index contributed by atoms with van der Waals surface area (Å²) in [5.74, 6) is 0. The predicted octanol–water partition coefficient (Wildman–Crippen LogP) is 0.705. The van der Waals surface area contributed by atoms with Crippen LogP contribution in [0.15, 0.2) is 30.3 Å². The zero-order valence-corrected chi connectivity index (χ0v) is 17.5. The average Bonchev–Trinajstić information content (AvgIpc) is 2.48. The first-order valence-electron chi connectivity index (χ1n) is 7.35. The van der Waals surface area contributed by atoms with Gasteiger partial charge in [-0.1, -0.05) is 73.8 Å². The van der Waals surface area contributed by atoms with Crippen molar-refractivity contribution in [2.75, 3.05) is 6.16 Å². The zero-order chi connectivity index (χ0) is 15.2. The van der Waals surface area contributed by atoms with Crippen molar-refractivity contribution in [3.8, 4) is 0 Å². The molecule has 1 aromatic rings. The van der Waals surface area contributed by atoms with Crippen LogP contribution in [0.25, 0.3) is 0 Å².